The highest BCUT2D eigenvalue weighted by atomic mass is 79.9. The maximum absolute atomic E-state index is 5.39. The highest BCUT2D eigenvalue weighted by Crippen LogP contribution is 1.89. The summed E-state index contributed by atoms with van der Waals surface area (Å²) in [5.74, 6) is 0. The first-order valence-corrected chi connectivity index (χ1v) is 3.42. The summed E-state index contributed by atoms with van der Waals surface area (Å²) in [6.45, 7) is 0.595. The van der Waals surface area contributed by atoms with Crippen molar-refractivity contribution >= 4 is 15.9 Å². The van der Waals surface area contributed by atoms with Gasteiger partial charge in [0.25, 0.3) is 0 Å². The predicted octanol–water partition coefficient (Wildman–Crippen LogP) is 0.870. The Bertz CT molecular complexity index is 82.5. The topological polar surface area (TPSA) is 35.2 Å². The van der Waals surface area contributed by atoms with E-state index in [0.29, 0.717) is 6.61 Å². The summed E-state index contributed by atoms with van der Waals surface area (Å²) in [7, 11) is 1.64. The van der Waals surface area contributed by atoms with Gasteiger partial charge in [-0.05, 0) is 6.08 Å². The van der Waals surface area contributed by atoms with Gasteiger partial charge in [0.2, 0.25) is 0 Å². The van der Waals surface area contributed by atoms with Gasteiger partial charge in [-0.1, -0.05) is 15.9 Å². The lowest BCUT2D eigenvalue weighted by molar-refractivity contribution is 0.233. The van der Waals surface area contributed by atoms with Crippen molar-refractivity contribution in [3.8, 4) is 0 Å². The Balaban J connectivity index is 3.26. The summed E-state index contributed by atoms with van der Waals surface area (Å²) < 4.78 is 4.74. The van der Waals surface area contributed by atoms with Crippen LogP contribution in [0.5, 0.6) is 0 Å². The van der Waals surface area contributed by atoms with Gasteiger partial charge in [0.15, 0.2) is 0 Å². The van der Waals surface area contributed by atoms with Gasteiger partial charge >= 0.3 is 0 Å². The Kier molecular flexibility index (Phi) is 5.11. The quantitative estimate of drug-likeness (QED) is 0.654. The predicted molar refractivity (Wildman–Crippen MR) is 37.9 cm³/mol. The van der Waals surface area contributed by atoms with Crippen LogP contribution in [0.15, 0.2) is 11.8 Å². The van der Waals surface area contributed by atoms with Crippen LogP contribution in [0.4, 0.5) is 0 Å². The zero-order chi connectivity index (χ0) is 6.41. The van der Waals surface area contributed by atoms with Crippen molar-refractivity contribution < 1.29 is 4.74 Å². The molecule has 0 aromatic rings. The summed E-state index contributed by atoms with van der Waals surface area (Å²) in [5, 5.41) is 0.719. The number of ether oxygens (including phenoxy) is 1. The zero-order valence-corrected chi connectivity index (χ0v) is 6.44. The second-order valence-corrected chi connectivity index (χ2v) is 1.93. The zero-order valence-electron chi connectivity index (χ0n) is 4.86. The van der Waals surface area contributed by atoms with Crippen molar-refractivity contribution in [1.82, 2.24) is 0 Å². The van der Waals surface area contributed by atoms with E-state index in [1.165, 1.54) is 0 Å². The van der Waals surface area contributed by atoms with E-state index in [2.05, 4.69) is 15.9 Å². The molecule has 0 aliphatic rings. The lowest BCUT2D eigenvalue weighted by Gasteiger charge is -1.92. The molecule has 0 saturated heterocycles. The van der Waals surface area contributed by atoms with Crippen LogP contribution >= 0.6 is 15.9 Å². The molecule has 8 heavy (non-hydrogen) atoms. The van der Waals surface area contributed by atoms with Crippen molar-refractivity contribution in [1.29, 1.82) is 0 Å². The number of alkyl halides is 1. The van der Waals surface area contributed by atoms with E-state index in [9.17, 15) is 0 Å². The maximum atomic E-state index is 5.39. The second kappa shape index (κ2) is 5.12. The standard InChI is InChI=1S/C5H10BrNO/c1-8-3-2-5(7)4-6/h2H,3-4,7H2,1H3/b5-2-. The molecule has 0 bridgehead atoms. The van der Waals surface area contributed by atoms with Gasteiger partial charge in [0.1, 0.15) is 0 Å². The molecule has 0 aromatic carbocycles. The van der Waals surface area contributed by atoms with Gasteiger partial charge in [-0.25, -0.2) is 0 Å². The SMILES string of the molecule is COC/C=C(\N)CBr. The second-order valence-electron chi connectivity index (χ2n) is 1.37. The van der Waals surface area contributed by atoms with Gasteiger partial charge in [-0.3, -0.25) is 0 Å². The van der Waals surface area contributed by atoms with Gasteiger partial charge in [-0.15, -0.1) is 0 Å². The van der Waals surface area contributed by atoms with E-state index >= 15 is 0 Å². The lowest BCUT2D eigenvalue weighted by atomic mass is 10.5. The molecule has 3 heteroatoms. The monoisotopic (exact) mass is 179 g/mol. The fourth-order valence-corrected chi connectivity index (χ4v) is 0.474. The lowest BCUT2D eigenvalue weighted by Crippen LogP contribution is -1.99. The van der Waals surface area contributed by atoms with Crippen molar-refractivity contribution in [3.05, 3.63) is 11.8 Å². The van der Waals surface area contributed by atoms with Crippen LogP contribution < -0.4 is 5.73 Å². The normalized spacial score (nSPS) is 12.0. The highest BCUT2D eigenvalue weighted by Gasteiger charge is 1.81. The summed E-state index contributed by atoms with van der Waals surface area (Å²) in [6, 6.07) is 0. The number of hydrogen-bond donors (Lipinski definition) is 1. The van der Waals surface area contributed by atoms with E-state index in [1.54, 1.807) is 7.11 Å². The average Bonchev–Trinajstić information content (AvgIpc) is 1.83. The Hall–Kier alpha value is -0.0200. The Morgan fingerprint density at radius 2 is 2.50 bits per heavy atom. The molecular formula is C5H10BrNO. The minimum absolute atomic E-state index is 0.595. The third-order valence-corrected chi connectivity index (χ3v) is 1.31. The summed E-state index contributed by atoms with van der Waals surface area (Å²) in [4.78, 5) is 0. The number of rotatable bonds is 3. The molecular weight excluding hydrogens is 170 g/mol. The van der Waals surface area contributed by atoms with Crippen molar-refractivity contribution in [2.75, 3.05) is 19.0 Å². The first-order valence-electron chi connectivity index (χ1n) is 2.30. The molecule has 0 spiro atoms. The molecule has 0 amide bonds. The molecule has 0 fully saturated rings. The smallest absolute Gasteiger partial charge is 0.0663 e. The van der Waals surface area contributed by atoms with Gasteiger partial charge in [-0.2, -0.15) is 0 Å². The van der Waals surface area contributed by atoms with Crippen LogP contribution in [0.3, 0.4) is 0 Å². The molecule has 2 N–H and O–H groups in total. The average molecular weight is 180 g/mol. The largest absolute Gasteiger partial charge is 0.402 e. The first-order chi connectivity index (χ1) is 3.81. The van der Waals surface area contributed by atoms with E-state index in [-0.39, 0.29) is 0 Å². The minimum Gasteiger partial charge on any atom is -0.402 e. The number of halogens is 1. The van der Waals surface area contributed by atoms with Crippen LogP contribution in [0.2, 0.25) is 0 Å². The molecule has 0 saturated carbocycles. The molecule has 0 aliphatic carbocycles. The summed E-state index contributed by atoms with van der Waals surface area (Å²) in [5.41, 5.74) is 6.21. The highest BCUT2D eigenvalue weighted by molar-refractivity contribution is 9.09. The van der Waals surface area contributed by atoms with E-state index in [1.807, 2.05) is 6.08 Å². The summed E-state index contributed by atoms with van der Waals surface area (Å²) in [6.07, 6.45) is 1.83. The number of hydrogen-bond acceptors (Lipinski definition) is 2. The van der Waals surface area contributed by atoms with E-state index < -0.39 is 0 Å². The fourth-order valence-electron chi connectivity index (χ4n) is 0.245. The Morgan fingerprint density at radius 1 is 1.88 bits per heavy atom. The van der Waals surface area contributed by atoms with Crippen LogP contribution in [-0.4, -0.2) is 19.0 Å². The third kappa shape index (κ3) is 4.15. The fraction of sp³-hybridized carbons (Fsp3) is 0.600. The Labute approximate surface area is 57.8 Å². The minimum atomic E-state index is 0.595. The Morgan fingerprint density at radius 3 is 2.88 bits per heavy atom. The van der Waals surface area contributed by atoms with Gasteiger partial charge in [0, 0.05) is 18.1 Å². The van der Waals surface area contributed by atoms with Crippen molar-refractivity contribution in [3.63, 3.8) is 0 Å². The van der Waals surface area contributed by atoms with E-state index in [0.717, 1.165) is 11.0 Å². The molecule has 0 rings (SSSR count). The van der Waals surface area contributed by atoms with Crippen LogP contribution in [0.1, 0.15) is 0 Å². The van der Waals surface area contributed by atoms with Gasteiger partial charge in [0.05, 0.1) is 6.61 Å². The van der Waals surface area contributed by atoms with Crippen LogP contribution in [0, 0.1) is 0 Å². The number of allylic oxidation sites excluding steroid dienone is 1. The number of methoxy groups -OCH3 is 1. The van der Waals surface area contributed by atoms with E-state index in [4.69, 9.17) is 10.5 Å². The molecule has 0 unspecified atom stereocenters. The number of nitrogens with two attached hydrogens (primary N) is 1. The van der Waals surface area contributed by atoms with Crippen molar-refractivity contribution in [2.24, 2.45) is 5.73 Å². The van der Waals surface area contributed by atoms with Gasteiger partial charge < -0.3 is 10.5 Å². The van der Waals surface area contributed by atoms with Crippen LogP contribution in [0.25, 0.3) is 0 Å². The van der Waals surface area contributed by atoms with Crippen molar-refractivity contribution in [2.45, 2.75) is 0 Å². The molecule has 2 nitrogen and oxygen atoms in total. The third-order valence-electron chi connectivity index (χ3n) is 0.666. The summed E-state index contributed by atoms with van der Waals surface area (Å²) >= 11 is 3.20. The molecule has 48 valence electrons. The molecule has 0 aliphatic heterocycles. The molecule has 0 heterocycles. The van der Waals surface area contributed by atoms with Crippen LogP contribution in [-0.2, 0) is 4.74 Å². The maximum Gasteiger partial charge on any atom is 0.0663 e. The molecule has 0 atom stereocenters. The first kappa shape index (κ1) is 7.98. The molecule has 0 radical (unpaired) electrons. The molecule has 0 aromatic heterocycles.